The molecule has 1 fully saturated rings. The predicted molar refractivity (Wildman–Crippen MR) is 76.5 cm³/mol. The van der Waals surface area contributed by atoms with Gasteiger partial charge in [0, 0.05) is 12.8 Å². The molecule has 1 aromatic rings. The van der Waals surface area contributed by atoms with Crippen molar-refractivity contribution in [3.8, 4) is 0 Å². The first-order chi connectivity index (χ1) is 9.28. The summed E-state index contributed by atoms with van der Waals surface area (Å²) in [6.07, 6.45) is 0.946. The van der Waals surface area contributed by atoms with Crippen molar-refractivity contribution in [2.45, 2.75) is 51.2 Å². The summed E-state index contributed by atoms with van der Waals surface area (Å²) in [4.78, 5) is 23.3. The van der Waals surface area contributed by atoms with Crippen molar-refractivity contribution in [1.82, 2.24) is 5.32 Å². The molecule has 108 valence electrons. The minimum Gasteiger partial charge on any atom is -0.444 e. The number of hydrogen-bond donors (Lipinski definition) is 1. The second-order valence-electron chi connectivity index (χ2n) is 6.46. The third-order valence-electron chi connectivity index (χ3n) is 3.22. The molecule has 0 aromatic heterocycles. The standard InChI is InChI=1S/C16H21NO3/c1-15(2,3)20-14(19)17-16(10-13(18)11-16)9-12-7-5-4-6-8-12/h4-8H,9-11H2,1-3H3,(H,17,19). The number of carbonyl (C=O) groups excluding carboxylic acids is 2. The van der Waals surface area contributed by atoms with Crippen LogP contribution >= 0.6 is 0 Å². The van der Waals surface area contributed by atoms with Crippen molar-refractivity contribution in [2.24, 2.45) is 0 Å². The molecule has 1 aromatic carbocycles. The smallest absolute Gasteiger partial charge is 0.408 e. The van der Waals surface area contributed by atoms with Crippen LogP contribution in [0.25, 0.3) is 0 Å². The summed E-state index contributed by atoms with van der Waals surface area (Å²) in [6, 6.07) is 9.86. The topological polar surface area (TPSA) is 55.4 Å². The van der Waals surface area contributed by atoms with Crippen LogP contribution in [-0.4, -0.2) is 23.0 Å². The quantitative estimate of drug-likeness (QED) is 0.922. The van der Waals surface area contributed by atoms with Crippen LogP contribution in [0.1, 0.15) is 39.2 Å². The van der Waals surface area contributed by atoms with Crippen molar-refractivity contribution in [3.63, 3.8) is 0 Å². The number of rotatable bonds is 3. The normalized spacial score (nSPS) is 17.2. The van der Waals surface area contributed by atoms with E-state index >= 15 is 0 Å². The van der Waals surface area contributed by atoms with Gasteiger partial charge in [0.15, 0.2) is 0 Å². The van der Waals surface area contributed by atoms with Crippen molar-refractivity contribution < 1.29 is 14.3 Å². The lowest BCUT2D eigenvalue weighted by Crippen LogP contribution is -2.59. The molecule has 1 aliphatic carbocycles. The van der Waals surface area contributed by atoms with Gasteiger partial charge >= 0.3 is 6.09 Å². The van der Waals surface area contributed by atoms with Crippen LogP contribution in [0.4, 0.5) is 4.79 Å². The van der Waals surface area contributed by atoms with Crippen molar-refractivity contribution in [3.05, 3.63) is 35.9 Å². The maximum absolute atomic E-state index is 11.9. The van der Waals surface area contributed by atoms with E-state index in [4.69, 9.17) is 4.74 Å². The van der Waals surface area contributed by atoms with Crippen LogP contribution in [0.15, 0.2) is 30.3 Å². The molecular formula is C16H21NO3. The van der Waals surface area contributed by atoms with Gasteiger partial charge in [0.25, 0.3) is 0 Å². The van der Waals surface area contributed by atoms with Gasteiger partial charge in [-0.25, -0.2) is 4.79 Å². The Balaban J connectivity index is 2.03. The predicted octanol–water partition coefficient (Wildman–Crippen LogP) is 2.86. The van der Waals surface area contributed by atoms with Gasteiger partial charge in [0.2, 0.25) is 0 Å². The molecule has 0 bridgehead atoms. The fourth-order valence-corrected chi connectivity index (χ4v) is 2.47. The maximum atomic E-state index is 11.9. The SMILES string of the molecule is CC(C)(C)OC(=O)NC1(Cc2ccccc2)CC(=O)C1. The van der Waals surface area contributed by atoms with Crippen LogP contribution < -0.4 is 5.32 Å². The number of amides is 1. The zero-order valence-electron chi connectivity index (χ0n) is 12.2. The molecular weight excluding hydrogens is 254 g/mol. The van der Waals surface area contributed by atoms with E-state index in [0.717, 1.165) is 5.56 Å². The average molecular weight is 275 g/mol. The molecule has 1 N–H and O–H groups in total. The molecule has 2 rings (SSSR count). The fourth-order valence-electron chi connectivity index (χ4n) is 2.47. The first-order valence-electron chi connectivity index (χ1n) is 6.85. The molecule has 0 saturated heterocycles. The molecule has 1 amide bonds. The molecule has 0 radical (unpaired) electrons. The Morgan fingerprint density at radius 2 is 1.85 bits per heavy atom. The van der Waals surface area contributed by atoms with Crippen LogP contribution in [0, 0.1) is 0 Å². The number of nitrogens with one attached hydrogen (secondary N) is 1. The molecule has 1 saturated carbocycles. The van der Waals surface area contributed by atoms with E-state index < -0.39 is 17.2 Å². The van der Waals surface area contributed by atoms with Gasteiger partial charge in [-0.3, -0.25) is 4.79 Å². The monoisotopic (exact) mass is 275 g/mol. The molecule has 0 atom stereocenters. The van der Waals surface area contributed by atoms with Crippen molar-refractivity contribution >= 4 is 11.9 Å². The highest BCUT2D eigenvalue weighted by Gasteiger charge is 2.45. The number of ketones is 1. The van der Waals surface area contributed by atoms with E-state index in [9.17, 15) is 9.59 Å². The molecule has 0 unspecified atom stereocenters. The van der Waals surface area contributed by atoms with Crippen LogP contribution in [0.3, 0.4) is 0 Å². The first-order valence-corrected chi connectivity index (χ1v) is 6.85. The zero-order valence-corrected chi connectivity index (χ0v) is 12.2. The Labute approximate surface area is 119 Å². The summed E-state index contributed by atoms with van der Waals surface area (Å²) >= 11 is 0. The minimum absolute atomic E-state index is 0.178. The van der Waals surface area contributed by atoms with Crippen LogP contribution in [-0.2, 0) is 16.0 Å². The first kappa shape index (κ1) is 14.6. The maximum Gasteiger partial charge on any atom is 0.408 e. The van der Waals surface area contributed by atoms with Crippen LogP contribution in [0.5, 0.6) is 0 Å². The lowest BCUT2D eigenvalue weighted by Gasteiger charge is -2.41. The summed E-state index contributed by atoms with van der Waals surface area (Å²) < 4.78 is 5.28. The molecule has 0 heterocycles. The fraction of sp³-hybridized carbons (Fsp3) is 0.500. The second-order valence-corrected chi connectivity index (χ2v) is 6.46. The Bertz CT molecular complexity index is 494. The Morgan fingerprint density at radius 1 is 1.25 bits per heavy atom. The number of Topliss-reactive ketones (excluding diaryl/α,β-unsaturated/α-hetero) is 1. The second kappa shape index (κ2) is 5.27. The largest absolute Gasteiger partial charge is 0.444 e. The van der Waals surface area contributed by atoms with Gasteiger partial charge < -0.3 is 10.1 Å². The van der Waals surface area contributed by atoms with E-state index in [0.29, 0.717) is 19.3 Å². The molecule has 0 aliphatic heterocycles. The number of ether oxygens (including phenoxy) is 1. The summed E-state index contributed by atoms with van der Waals surface area (Å²) in [6.45, 7) is 5.47. The number of hydrogen-bond acceptors (Lipinski definition) is 3. The van der Waals surface area contributed by atoms with Gasteiger partial charge in [-0.15, -0.1) is 0 Å². The van der Waals surface area contributed by atoms with E-state index in [2.05, 4.69) is 5.32 Å². The highest BCUT2D eigenvalue weighted by atomic mass is 16.6. The summed E-state index contributed by atoms with van der Waals surface area (Å²) in [7, 11) is 0. The summed E-state index contributed by atoms with van der Waals surface area (Å²) in [5.74, 6) is 0.178. The zero-order chi connectivity index (χ0) is 14.8. The summed E-state index contributed by atoms with van der Waals surface area (Å²) in [5.41, 5.74) is 0.0862. The lowest BCUT2D eigenvalue weighted by atomic mass is 9.72. The molecule has 1 aliphatic rings. The number of carbonyl (C=O) groups is 2. The van der Waals surface area contributed by atoms with E-state index in [1.807, 2.05) is 51.1 Å². The highest BCUT2D eigenvalue weighted by molar-refractivity contribution is 5.89. The third kappa shape index (κ3) is 3.83. The van der Waals surface area contributed by atoms with E-state index in [1.165, 1.54) is 0 Å². The molecule has 0 spiro atoms. The van der Waals surface area contributed by atoms with Crippen LogP contribution in [0.2, 0.25) is 0 Å². The van der Waals surface area contributed by atoms with Gasteiger partial charge in [-0.2, -0.15) is 0 Å². The Hall–Kier alpha value is -1.84. The van der Waals surface area contributed by atoms with Gasteiger partial charge in [-0.1, -0.05) is 30.3 Å². The minimum atomic E-state index is -0.536. The highest BCUT2D eigenvalue weighted by Crippen LogP contribution is 2.32. The van der Waals surface area contributed by atoms with Crippen molar-refractivity contribution in [2.75, 3.05) is 0 Å². The van der Waals surface area contributed by atoms with Gasteiger partial charge in [0.05, 0.1) is 5.54 Å². The Kier molecular flexibility index (Phi) is 3.84. The Morgan fingerprint density at radius 3 is 2.35 bits per heavy atom. The average Bonchev–Trinajstić information content (AvgIpc) is 2.25. The van der Waals surface area contributed by atoms with E-state index in [-0.39, 0.29) is 5.78 Å². The molecule has 4 heteroatoms. The summed E-state index contributed by atoms with van der Waals surface area (Å²) in [5, 5.41) is 2.88. The van der Waals surface area contributed by atoms with Gasteiger partial charge in [-0.05, 0) is 32.8 Å². The van der Waals surface area contributed by atoms with E-state index in [1.54, 1.807) is 0 Å². The molecule has 20 heavy (non-hydrogen) atoms. The van der Waals surface area contributed by atoms with Gasteiger partial charge in [0.1, 0.15) is 11.4 Å². The third-order valence-corrected chi connectivity index (χ3v) is 3.22. The molecule has 4 nitrogen and oxygen atoms in total. The number of benzene rings is 1. The number of alkyl carbamates (subject to hydrolysis) is 1. The lowest BCUT2D eigenvalue weighted by molar-refractivity contribution is -0.129. The van der Waals surface area contributed by atoms with Crippen molar-refractivity contribution in [1.29, 1.82) is 0 Å².